The topological polar surface area (TPSA) is 52.6 Å². The minimum atomic E-state index is -0.269. The van der Waals surface area contributed by atoms with E-state index in [1.54, 1.807) is 0 Å². The van der Waals surface area contributed by atoms with Crippen molar-refractivity contribution >= 4 is 5.91 Å². The number of phenolic OH excluding ortho intramolecular Hbond substituents is 1. The van der Waals surface area contributed by atoms with Gasteiger partial charge < -0.3 is 10.4 Å². The Balaban J connectivity index is 1.93. The van der Waals surface area contributed by atoms with E-state index in [9.17, 15) is 9.90 Å². The molecule has 1 aliphatic rings. The number of phenols is 1. The number of nitrogens with zero attached hydrogens (tertiary/aromatic N) is 1. The third-order valence-electron chi connectivity index (χ3n) is 4.73. The quantitative estimate of drug-likeness (QED) is 0.912. The van der Waals surface area contributed by atoms with Gasteiger partial charge in [0.1, 0.15) is 11.8 Å². The highest BCUT2D eigenvalue weighted by Gasteiger charge is 2.32. The van der Waals surface area contributed by atoms with E-state index in [1.807, 2.05) is 57.2 Å². The Labute approximate surface area is 143 Å². The van der Waals surface area contributed by atoms with Crippen LogP contribution in [0.1, 0.15) is 33.9 Å². The van der Waals surface area contributed by atoms with E-state index in [0.29, 0.717) is 18.8 Å². The summed E-state index contributed by atoms with van der Waals surface area (Å²) < 4.78 is 0. The molecule has 0 radical (unpaired) electrons. The molecule has 2 aromatic rings. The van der Waals surface area contributed by atoms with Crippen LogP contribution in [0.5, 0.6) is 5.75 Å². The van der Waals surface area contributed by atoms with Gasteiger partial charge in [0.15, 0.2) is 0 Å². The molecule has 1 heterocycles. The fourth-order valence-corrected chi connectivity index (χ4v) is 3.49. The zero-order valence-electron chi connectivity index (χ0n) is 14.5. The summed E-state index contributed by atoms with van der Waals surface area (Å²) in [6.45, 7) is 8.03. The fraction of sp³-hybridized carbons (Fsp3) is 0.350. The van der Waals surface area contributed by atoms with Gasteiger partial charge in [0, 0.05) is 19.6 Å². The van der Waals surface area contributed by atoms with Gasteiger partial charge in [0.05, 0.1) is 0 Å². The van der Waals surface area contributed by atoms with Gasteiger partial charge in [-0.15, -0.1) is 0 Å². The van der Waals surface area contributed by atoms with E-state index in [0.717, 1.165) is 34.4 Å². The second-order valence-corrected chi connectivity index (χ2v) is 6.60. The average Bonchev–Trinajstić information content (AvgIpc) is 2.54. The summed E-state index contributed by atoms with van der Waals surface area (Å²) in [4.78, 5) is 14.8. The van der Waals surface area contributed by atoms with E-state index < -0.39 is 0 Å². The molecule has 1 atom stereocenters. The van der Waals surface area contributed by atoms with Gasteiger partial charge in [-0.2, -0.15) is 0 Å². The average molecular weight is 324 g/mol. The van der Waals surface area contributed by atoms with Crippen LogP contribution >= 0.6 is 0 Å². The number of carbonyl (C=O) groups excluding carboxylic acids is 1. The van der Waals surface area contributed by atoms with Crippen LogP contribution in [0.2, 0.25) is 0 Å². The summed E-state index contributed by atoms with van der Waals surface area (Å²) in [5, 5.41) is 13.0. The Morgan fingerprint density at radius 2 is 1.79 bits per heavy atom. The van der Waals surface area contributed by atoms with Gasteiger partial charge in [0.25, 0.3) is 0 Å². The van der Waals surface area contributed by atoms with Gasteiger partial charge in [-0.05, 0) is 48.6 Å². The van der Waals surface area contributed by atoms with Crippen LogP contribution in [0.25, 0.3) is 0 Å². The first-order valence-corrected chi connectivity index (χ1v) is 8.33. The number of nitrogens with one attached hydrogen (secondary N) is 1. The normalized spacial score (nSPS) is 18.5. The maximum Gasteiger partial charge on any atom is 0.242 e. The SMILES string of the molecule is Cc1ccccc1C1C(=O)NCCN1Cc1cc(C)c(O)c(C)c1. The molecule has 2 aromatic carbocycles. The first-order chi connectivity index (χ1) is 11.5. The number of benzene rings is 2. The standard InChI is InChI=1S/C20H24N2O2/c1-13-6-4-5-7-17(13)18-20(24)21-8-9-22(18)12-16-10-14(2)19(23)15(3)11-16/h4-7,10-11,18,23H,8-9,12H2,1-3H3,(H,21,24). The Kier molecular flexibility index (Phi) is 4.58. The van der Waals surface area contributed by atoms with Crippen LogP contribution < -0.4 is 5.32 Å². The van der Waals surface area contributed by atoms with Crippen molar-refractivity contribution in [3.05, 3.63) is 64.2 Å². The molecule has 1 amide bonds. The van der Waals surface area contributed by atoms with Crippen molar-refractivity contribution in [2.24, 2.45) is 0 Å². The molecule has 4 heteroatoms. The minimum Gasteiger partial charge on any atom is -0.507 e. The summed E-state index contributed by atoms with van der Waals surface area (Å²) in [5.74, 6) is 0.411. The van der Waals surface area contributed by atoms with Gasteiger partial charge >= 0.3 is 0 Å². The zero-order chi connectivity index (χ0) is 17.3. The number of carbonyl (C=O) groups is 1. The smallest absolute Gasteiger partial charge is 0.242 e. The number of aromatic hydroxyl groups is 1. The molecule has 1 aliphatic heterocycles. The largest absolute Gasteiger partial charge is 0.507 e. The molecule has 1 fully saturated rings. The number of aryl methyl sites for hydroxylation is 3. The molecule has 1 saturated heterocycles. The summed E-state index contributed by atoms with van der Waals surface area (Å²) in [5.41, 5.74) is 5.05. The zero-order valence-corrected chi connectivity index (χ0v) is 14.5. The van der Waals surface area contributed by atoms with E-state index in [-0.39, 0.29) is 11.9 Å². The second kappa shape index (κ2) is 6.65. The highest BCUT2D eigenvalue weighted by Crippen LogP contribution is 2.29. The number of amides is 1. The van der Waals surface area contributed by atoms with Crippen molar-refractivity contribution in [1.82, 2.24) is 10.2 Å². The van der Waals surface area contributed by atoms with Crippen molar-refractivity contribution < 1.29 is 9.90 Å². The Morgan fingerprint density at radius 1 is 1.12 bits per heavy atom. The van der Waals surface area contributed by atoms with Gasteiger partial charge in [-0.1, -0.05) is 36.4 Å². The van der Waals surface area contributed by atoms with Crippen molar-refractivity contribution in [2.45, 2.75) is 33.4 Å². The lowest BCUT2D eigenvalue weighted by molar-refractivity contribution is -0.129. The molecule has 0 spiro atoms. The second-order valence-electron chi connectivity index (χ2n) is 6.60. The molecule has 4 nitrogen and oxygen atoms in total. The third kappa shape index (κ3) is 3.15. The van der Waals surface area contributed by atoms with Gasteiger partial charge in [-0.3, -0.25) is 9.69 Å². The first kappa shape index (κ1) is 16.5. The predicted molar refractivity (Wildman–Crippen MR) is 94.9 cm³/mol. The molecular formula is C20H24N2O2. The molecule has 1 unspecified atom stereocenters. The van der Waals surface area contributed by atoms with E-state index in [2.05, 4.69) is 10.2 Å². The van der Waals surface area contributed by atoms with Crippen LogP contribution in [-0.4, -0.2) is 29.0 Å². The molecule has 0 aliphatic carbocycles. The lowest BCUT2D eigenvalue weighted by Gasteiger charge is -2.36. The van der Waals surface area contributed by atoms with Crippen LogP contribution in [0.3, 0.4) is 0 Å². The van der Waals surface area contributed by atoms with E-state index in [1.165, 1.54) is 0 Å². The maximum absolute atomic E-state index is 12.5. The van der Waals surface area contributed by atoms with Gasteiger partial charge in [-0.25, -0.2) is 0 Å². The van der Waals surface area contributed by atoms with Crippen LogP contribution in [0, 0.1) is 20.8 Å². The van der Waals surface area contributed by atoms with Crippen molar-refractivity contribution in [3.63, 3.8) is 0 Å². The Bertz CT molecular complexity index is 747. The highest BCUT2D eigenvalue weighted by molar-refractivity contribution is 5.84. The molecular weight excluding hydrogens is 300 g/mol. The summed E-state index contributed by atoms with van der Waals surface area (Å²) >= 11 is 0. The van der Waals surface area contributed by atoms with E-state index >= 15 is 0 Å². The third-order valence-corrected chi connectivity index (χ3v) is 4.73. The molecule has 126 valence electrons. The van der Waals surface area contributed by atoms with Crippen LogP contribution in [-0.2, 0) is 11.3 Å². The summed E-state index contributed by atoms with van der Waals surface area (Å²) in [6, 6.07) is 11.8. The Hall–Kier alpha value is -2.33. The minimum absolute atomic E-state index is 0.0581. The fourth-order valence-electron chi connectivity index (χ4n) is 3.49. The number of rotatable bonds is 3. The molecule has 2 N–H and O–H groups in total. The predicted octanol–water partition coefficient (Wildman–Crippen LogP) is 2.99. The van der Waals surface area contributed by atoms with E-state index in [4.69, 9.17) is 0 Å². The number of hydrogen-bond donors (Lipinski definition) is 2. The molecule has 0 bridgehead atoms. The van der Waals surface area contributed by atoms with Crippen molar-refractivity contribution in [2.75, 3.05) is 13.1 Å². The van der Waals surface area contributed by atoms with Crippen LogP contribution in [0.4, 0.5) is 0 Å². The molecule has 0 aromatic heterocycles. The highest BCUT2D eigenvalue weighted by atomic mass is 16.3. The molecule has 24 heavy (non-hydrogen) atoms. The summed E-state index contributed by atoms with van der Waals surface area (Å²) in [7, 11) is 0. The van der Waals surface area contributed by atoms with Gasteiger partial charge in [0.2, 0.25) is 5.91 Å². The van der Waals surface area contributed by atoms with Crippen LogP contribution in [0.15, 0.2) is 36.4 Å². The number of piperazine rings is 1. The first-order valence-electron chi connectivity index (χ1n) is 8.33. The molecule has 3 rings (SSSR count). The molecule has 0 saturated carbocycles. The Morgan fingerprint density at radius 3 is 2.46 bits per heavy atom. The van der Waals surface area contributed by atoms with Crippen molar-refractivity contribution in [3.8, 4) is 5.75 Å². The lowest BCUT2D eigenvalue weighted by atomic mass is 9.96. The lowest BCUT2D eigenvalue weighted by Crippen LogP contribution is -2.49. The van der Waals surface area contributed by atoms with Crippen molar-refractivity contribution in [1.29, 1.82) is 0 Å². The summed E-state index contributed by atoms with van der Waals surface area (Å²) in [6.07, 6.45) is 0. The maximum atomic E-state index is 12.5. The monoisotopic (exact) mass is 324 g/mol. The number of hydrogen-bond acceptors (Lipinski definition) is 3.